The molecule has 0 unspecified atom stereocenters. The van der Waals surface area contributed by atoms with Crippen LogP contribution in [-0.2, 0) is 11.4 Å². The number of rotatable bonds is 6. The van der Waals surface area contributed by atoms with Crippen LogP contribution in [0.1, 0.15) is 25.3 Å². The summed E-state index contributed by atoms with van der Waals surface area (Å²) in [7, 11) is 0. The Hall–Kier alpha value is -1.70. The molecule has 140 valence electrons. The summed E-state index contributed by atoms with van der Waals surface area (Å²) in [6, 6.07) is 9.07. The lowest BCUT2D eigenvalue weighted by Gasteiger charge is -2.28. The molecule has 0 atom stereocenters. The molecule has 1 aliphatic carbocycles. The molecular weight excluding hydrogens is 346 g/mol. The molecule has 2 aromatic rings. The Balaban J connectivity index is 1.76. The van der Waals surface area contributed by atoms with Gasteiger partial charge in [-0.3, -0.25) is 9.47 Å². The molecule has 0 spiro atoms. The third kappa shape index (κ3) is 3.43. The molecule has 2 heterocycles. The zero-order valence-electron chi connectivity index (χ0n) is 15.6. The standard InChI is InChI=1S/C19H27N5OS/c1-3-21(16-8-9-16)14-23-19(26)24(17-7-5-4-6-15(17)2)18(20-23)22-10-12-25-13-11-22/h4-7,16H,3,8-14H2,1-2H3. The van der Waals surface area contributed by atoms with Gasteiger partial charge in [-0.05, 0) is 50.2 Å². The summed E-state index contributed by atoms with van der Waals surface area (Å²) in [5.41, 5.74) is 2.31. The first-order chi connectivity index (χ1) is 12.7. The first kappa shape index (κ1) is 17.7. The topological polar surface area (TPSA) is 38.5 Å². The maximum absolute atomic E-state index is 5.88. The van der Waals surface area contributed by atoms with Crippen molar-refractivity contribution in [1.29, 1.82) is 0 Å². The number of anilines is 1. The Morgan fingerprint density at radius 3 is 2.62 bits per heavy atom. The highest BCUT2D eigenvalue weighted by molar-refractivity contribution is 7.71. The Morgan fingerprint density at radius 1 is 1.23 bits per heavy atom. The molecule has 26 heavy (non-hydrogen) atoms. The van der Waals surface area contributed by atoms with Gasteiger partial charge >= 0.3 is 0 Å². The van der Waals surface area contributed by atoms with Crippen molar-refractivity contribution in [2.75, 3.05) is 37.7 Å². The molecule has 4 rings (SSSR count). The highest BCUT2D eigenvalue weighted by Crippen LogP contribution is 2.28. The van der Waals surface area contributed by atoms with E-state index in [1.807, 2.05) is 4.68 Å². The number of hydrogen-bond acceptors (Lipinski definition) is 5. The van der Waals surface area contributed by atoms with Crippen LogP contribution in [0.3, 0.4) is 0 Å². The lowest BCUT2D eigenvalue weighted by Crippen LogP contribution is -2.38. The summed E-state index contributed by atoms with van der Waals surface area (Å²) in [5.74, 6) is 0.930. The number of para-hydroxylation sites is 1. The Labute approximate surface area is 160 Å². The van der Waals surface area contributed by atoms with E-state index in [-0.39, 0.29) is 0 Å². The second kappa shape index (κ2) is 7.50. The number of benzene rings is 1. The van der Waals surface area contributed by atoms with Gasteiger partial charge in [-0.25, -0.2) is 4.68 Å². The fourth-order valence-electron chi connectivity index (χ4n) is 3.57. The van der Waals surface area contributed by atoms with Crippen LogP contribution in [0, 0.1) is 11.7 Å². The van der Waals surface area contributed by atoms with Crippen molar-refractivity contribution in [3.8, 4) is 5.69 Å². The number of morpholine rings is 1. The van der Waals surface area contributed by atoms with E-state index in [4.69, 9.17) is 22.1 Å². The Morgan fingerprint density at radius 2 is 1.96 bits per heavy atom. The third-order valence-electron chi connectivity index (χ3n) is 5.26. The van der Waals surface area contributed by atoms with Crippen molar-refractivity contribution >= 4 is 18.2 Å². The molecular formula is C19H27N5OS. The van der Waals surface area contributed by atoms with Crippen LogP contribution in [0.2, 0.25) is 0 Å². The average Bonchev–Trinajstić information content (AvgIpc) is 3.46. The molecule has 0 N–H and O–H groups in total. The van der Waals surface area contributed by atoms with E-state index in [1.165, 1.54) is 18.4 Å². The second-order valence-electron chi connectivity index (χ2n) is 7.08. The van der Waals surface area contributed by atoms with Crippen LogP contribution >= 0.6 is 12.2 Å². The fourth-order valence-corrected chi connectivity index (χ4v) is 3.85. The number of ether oxygens (including phenoxy) is 1. The molecule has 2 fully saturated rings. The molecule has 6 nitrogen and oxygen atoms in total. The van der Waals surface area contributed by atoms with E-state index < -0.39 is 0 Å². The normalized spacial score (nSPS) is 17.9. The van der Waals surface area contributed by atoms with Gasteiger partial charge in [0.25, 0.3) is 0 Å². The van der Waals surface area contributed by atoms with Crippen molar-refractivity contribution in [2.24, 2.45) is 0 Å². The maximum Gasteiger partial charge on any atom is 0.230 e. The molecule has 1 saturated carbocycles. The van der Waals surface area contributed by atoms with Gasteiger partial charge < -0.3 is 9.64 Å². The van der Waals surface area contributed by atoms with Gasteiger partial charge in [0.2, 0.25) is 10.7 Å². The predicted molar refractivity (Wildman–Crippen MR) is 106 cm³/mol. The number of aromatic nitrogens is 3. The lowest BCUT2D eigenvalue weighted by atomic mass is 10.2. The van der Waals surface area contributed by atoms with Crippen LogP contribution in [0.5, 0.6) is 0 Å². The zero-order valence-corrected chi connectivity index (χ0v) is 16.4. The van der Waals surface area contributed by atoms with Gasteiger partial charge in [0.15, 0.2) is 0 Å². The minimum atomic E-state index is 0.692. The maximum atomic E-state index is 5.88. The molecule has 1 aromatic carbocycles. The van der Waals surface area contributed by atoms with Crippen LogP contribution in [0.4, 0.5) is 5.95 Å². The largest absolute Gasteiger partial charge is 0.378 e. The van der Waals surface area contributed by atoms with Crippen LogP contribution < -0.4 is 4.90 Å². The quantitative estimate of drug-likeness (QED) is 0.728. The van der Waals surface area contributed by atoms with Crippen molar-refractivity contribution < 1.29 is 4.74 Å². The smallest absolute Gasteiger partial charge is 0.230 e. The predicted octanol–water partition coefficient (Wildman–Crippen LogP) is 2.99. The molecule has 0 radical (unpaired) electrons. The molecule has 2 aliphatic rings. The van der Waals surface area contributed by atoms with Gasteiger partial charge in [-0.2, -0.15) is 0 Å². The minimum absolute atomic E-state index is 0.692. The van der Waals surface area contributed by atoms with Gasteiger partial charge in [-0.1, -0.05) is 25.1 Å². The zero-order chi connectivity index (χ0) is 18.1. The number of nitrogens with zero attached hydrogens (tertiary/aromatic N) is 5. The third-order valence-corrected chi connectivity index (χ3v) is 5.65. The first-order valence-corrected chi connectivity index (χ1v) is 9.92. The summed E-state index contributed by atoms with van der Waals surface area (Å²) in [5, 5.41) is 4.95. The average molecular weight is 374 g/mol. The number of hydrogen-bond donors (Lipinski definition) is 0. The highest BCUT2D eigenvalue weighted by atomic mass is 32.1. The van der Waals surface area contributed by atoms with Crippen LogP contribution in [0.25, 0.3) is 5.69 Å². The molecule has 7 heteroatoms. The molecule has 1 aliphatic heterocycles. The van der Waals surface area contributed by atoms with Crippen LogP contribution in [-0.4, -0.2) is 58.1 Å². The highest BCUT2D eigenvalue weighted by Gasteiger charge is 2.29. The van der Waals surface area contributed by atoms with Gasteiger partial charge in [0.05, 0.1) is 25.6 Å². The van der Waals surface area contributed by atoms with Gasteiger partial charge in [-0.15, -0.1) is 5.10 Å². The van der Waals surface area contributed by atoms with E-state index >= 15 is 0 Å². The van der Waals surface area contributed by atoms with Crippen LogP contribution in [0.15, 0.2) is 24.3 Å². The van der Waals surface area contributed by atoms with E-state index in [1.54, 1.807) is 0 Å². The summed E-state index contributed by atoms with van der Waals surface area (Å²) < 4.78 is 10.4. The van der Waals surface area contributed by atoms with Crippen molar-refractivity contribution in [1.82, 2.24) is 19.2 Å². The first-order valence-electron chi connectivity index (χ1n) is 9.51. The monoisotopic (exact) mass is 373 g/mol. The Bertz CT molecular complexity index is 820. The van der Waals surface area contributed by atoms with Crippen molar-refractivity contribution in [3.63, 3.8) is 0 Å². The SMILES string of the molecule is CCN(Cn1nc(N2CCOCC2)n(-c2ccccc2C)c1=S)C1CC1. The van der Waals surface area contributed by atoms with Gasteiger partial charge in [0.1, 0.15) is 0 Å². The molecule has 0 amide bonds. The fraction of sp³-hybridized carbons (Fsp3) is 0.579. The lowest BCUT2D eigenvalue weighted by molar-refractivity contribution is 0.121. The van der Waals surface area contributed by atoms with E-state index in [0.717, 1.165) is 55.9 Å². The number of aryl methyl sites for hydroxylation is 1. The second-order valence-corrected chi connectivity index (χ2v) is 7.45. The summed E-state index contributed by atoms with van der Waals surface area (Å²) in [4.78, 5) is 4.75. The van der Waals surface area contributed by atoms with Gasteiger partial charge in [0, 0.05) is 19.1 Å². The minimum Gasteiger partial charge on any atom is -0.378 e. The Kier molecular flexibility index (Phi) is 5.11. The summed E-state index contributed by atoms with van der Waals surface area (Å²) in [6.45, 7) is 9.28. The summed E-state index contributed by atoms with van der Waals surface area (Å²) in [6.07, 6.45) is 2.58. The van der Waals surface area contributed by atoms with Crippen molar-refractivity contribution in [2.45, 2.75) is 39.4 Å². The summed E-state index contributed by atoms with van der Waals surface area (Å²) >= 11 is 5.88. The van der Waals surface area contributed by atoms with E-state index in [2.05, 4.69) is 52.5 Å². The molecule has 1 saturated heterocycles. The van der Waals surface area contributed by atoms with E-state index in [9.17, 15) is 0 Å². The van der Waals surface area contributed by atoms with E-state index in [0.29, 0.717) is 6.04 Å². The molecule has 0 bridgehead atoms. The molecule has 1 aromatic heterocycles. The van der Waals surface area contributed by atoms with Crippen molar-refractivity contribution in [3.05, 3.63) is 34.6 Å².